The van der Waals surface area contributed by atoms with Crippen LogP contribution in [0.5, 0.6) is 0 Å². The van der Waals surface area contributed by atoms with Crippen molar-refractivity contribution in [3.05, 3.63) is 11.3 Å². The van der Waals surface area contributed by atoms with Crippen molar-refractivity contribution in [1.29, 1.82) is 0 Å². The third-order valence-electron chi connectivity index (χ3n) is 3.97. The number of nitrogen functional groups attached to an aromatic ring is 1. The molecule has 0 atom stereocenters. The summed E-state index contributed by atoms with van der Waals surface area (Å²) in [5.41, 5.74) is 8.60. The number of anilines is 1. The molecular formula is C15H27N3O. The van der Waals surface area contributed by atoms with Gasteiger partial charge in [-0.1, -0.05) is 13.8 Å². The molecule has 1 aliphatic carbocycles. The lowest BCUT2D eigenvalue weighted by Crippen LogP contribution is -2.32. The van der Waals surface area contributed by atoms with Gasteiger partial charge in [0.05, 0.1) is 11.8 Å². The summed E-state index contributed by atoms with van der Waals surface area (Å²) in [6.07, 6.45) is 4.90. The first-order valence-corrected chi connectivity index (χ1v) is 7.43. The Hall–Kier alpha value is -1.03. The van der Waals surface area contributed by atoms with E-state index in [4.69, 9.17) is 10.5 Å². The average molecular weight is 265 g/mol. The highest BCUT2D eigenvalue weighted by molar-refractivity contribution is 5.44. The first-order chi connectivity index (χ1) is 9.01. The molecule has 0 amide bonds. The molecule has 4 nitrogen and oxygen atoms in total. The van der Waals surface area contributed by atoms with Crippen molar-refractivity contribution in [3.63, 3.8) is 0 Å². The summed E-state index contributed by atoms with van der Waals surface area (Å²) in [7, 11) is 1.94. The predicted octanol–water partition coefficient (Wildman–Crippen LogP) is 2.56. The topological polar surface area (TPSA) is 53.1 Å². The van der Waals surface area contributed by atoms with E-state index in [9.17, 15) is 0 Å². The van der Waals surface area contributed by atoms with Gasteiger partial charge in [0.1, 0.15) is 5.82 Å². The summed E-state index contributed by atoms with van der Waals surface area (Å²) in [6, 6.07) is 0. The van der Waals surface area contributed by atoms with E-state index >= 15 is 0 Å². The zero-order chi connectivity index (χ0) is 14.0. The maximum absolute atomic E-state index is 6.14. The summed E-state index contributed by atoms with van der Waals surface area (Å²) >= 11 is 0. The molecule has 2 N–H and O–H groups in total. The summed E-state index contributed by atoms with van der Waals surface area (Å²) in [5, 5.41) is 4.61. The highest BCUT2D eigenvalue weighted by atomic mass is 16.5. The van der Waals surface area contributed by atoms with E-state index in [1.54, 1.807) is 0 Å². The van der Waals surface area contributed by atoms with Gasteiger partial charge in [-0.05, 0) is 44.4 Å². The molecule has 0 radical (unpaired) electrons. The minimum absolute atomic E-state index is 0.476. The van der Waals surface area contributed by atoms with Crippen LogP contribution in [0.2, 0.25) is 0 Å². The molecular weight excluding hydrogens is 238 g/mol. The minimum atomic E-state index is 0.476. The molecule has 108 valence electrons. The van der Waals surface area contributed by atoms with Crippen LogP contribution in [0.3, 0.4) is 0 Å². The molecule has 0 aliphatic heterocycles. The highest BCUT2D eigenvalue weighted by Gasteiger charge is 2.31. The third kappa shape index (κ3) is 3.30. The van der Waals surface area contributed by atoms with Gasteiger partial charge in [0.25, 0.3) is 0 Å². The van der Waals surface area contributed by atoms with Gasteiger partial charge in [0.2, 0.25) is 0 Å². The van der Waals surface area contributed by atoms with Crippen LogP contribution in [0.1, 0.15) is 44.9 Å². The summed E-state index contributed by atoms with van der Waals surface area (Å²) in [5.74, 6) is 2.17. The van der Waals surface area contributed by atoms with E-state index in [0.29, 0.717) is 12.0 Å². The van der Waals surface area contributed by atoms with Crippen LogP contribution in [-0.4, -0.2) is 22.5 Å². The van der Waals surface area contributed by atoms with Crippen molar-refractivity contribution in [2.45, 2.75) is 52.6 Å². The SMILES string of the molecule is CCOC1CC(Cc2nn(C)c(N)c2CC(C)C)C1. The molecule has 0 aromatic carbocycles. The van der Waals surface area contributed by atoms with Gasteiger partial charge in [-0.2, -0.15) is 5.10 Å². The molecule has 0 spiro atoms. The monoisotopic (exact) mass is 265 g/mol. The fourth-order valence-electron chi connectivity index (χ4n) is 2.92. The van der Waals surface area contributed by atoms with Crippen molar-refractivity contribution in [3.8, 4) is 0 Å². The maximum Gasteiger partial charge on any atom is 0.124 e. The number of aromatic nitrogens is 2. The van der Waals surface area contributed by atoms with Crippen LogP contribution in [0.15, 0.2) is 0 Å². The van der Waals surface area contributed by atoms with E-state index in [1.807, 2.05) is 11.7 Å². The molecule has 1 aromatic rings. The van der Waals surface area contributed by atoms with Gasteiger partial charge < -0.3 is 10.5 Å². The Bertz CT molecular complexity index is 419. The molecule has 1 aliphatic rings. The van der Waals surface area contributed by atoms with Crippen molar-refractivity contribution in [2.24, 2.45) is 18.9 Å². The minimum Gasteiger partial charge on any atom is -0.384 e. The third-order valence-corrected chi connectivity index (χ3v) is 3.97. The van der Waals surface area contributed by atoms with Crippen LogP contribution in [0, 0.1) is 11.8 Å². The second kappa shape index (κ2) is 5.95. The molecule has 1 fully saturated rings. The smallest absolute Gasteiger partial charge is 0.124 e. The van der Waals surface area contributed by atoms with Crippen molar-refractivity contribution in [2.75, 3.05) is 12.3 Å². The standard InChI is InChI=1S/C15H27N3O/c1-5-19-12-7-11(8-12)9-14-13(6-10(2)3)15(16)18(4)17-14/h10-12H,5-9,16H2,1-4H3. The van der Waals surface area contributed by atoms with Gasteiger partial charge >= 0.3 is 0 Å². The van der Waals surface area contributed by atoms with Gasteiger partial charge in [0, 0.05) is 19.2 Å². The first kappa shape index (κ1) is 14.4. The zero-order valence-corrected chi connectivity index (χ0v) is 12.6. The number of hydrogen-bond acceptors (Lipinski definition) is 3. The van der Waals surface area contributed by atoms with Crippen LogP contribution >= 0.6 is 0 Å². The Morgan fingerprint density at radius 3 is 2.68 bits per heavy atom. The Balaban J connectivity index is 1.99. The number of hydrogen-bond donors (Lipinski definition) is 1. The Morgan fingerprint density at radius 1 is 1.42 bits per heavy atom. The lowest BCUT2D eigenvalue weighted by atomic mass is 9.78. The zero-order valence-electron chi connectivity index (χ0n) is 12.6. The predicted molar refractivity (Wildman–Crippen MR) is 78.0 cm³/mol. The summed E-state index contributed by atoms with van der Waals surface area (Å²) in [4.78, 5) is 0. The van der Waals surface area contributed by atoms with Crippen molar-refractivity contribution >= 4 is 5.82 Å². The fraction of sp³-hybridized carbons (Fsp3) is 0.800. The van der Waals surface area contributed by atoms with Crippen LogP contribution in [0.4, 0.5) is 5.82 Å². The summed E-state index contributed by atoms with van der Waals surface area (Å²) in [6.45, 7) is 7.34. The number of ether oxygens (including phenoxy) is 1. The Morgan fingerprint density at radius 2 is 2.11 bits per heavy atom. The molecule has 0 unspecified atom stereocenters. The molecule has 1 aromatic heterocycles. The lowest BCUT2D eigenvalue weighted by Gasteiger charge is -2.34. The van der Waals surface area contributed by atoms with Crippen LogP contribution in [-0.2, 0) is 24.6 Å². The number of nitrogens with two attached hydrogens (primary N) is 1. The second-order valence-corrected chi connectivity index (χ2v) is 6.15. The molecule has 0 bridgehead atoms. The van der Waals surface area contributed by atoms with Gasteiger partial charge in [0.15, 0.2) is 0 Å². The van der Waals surface area contributed by atoms with E-state index < -0.39 is 0 Å². The van der Waals surface area contributed by atoms with Crippen LogP contribution < -0.4 is 5.73 Å². The number of aryl methyl sites for hydroxylation is 1. The average Bonchev–Trinajstić information content (AvgIpc) is 2.54. The highest BCUT2D eigenvalue weighted by Crippen LogP contribution is 2.34. The summed E-state index contributed by atoms with van der Waals surface area (Å²) < 4.78 is 7.44. The molecule has 4 heteroatoms. The van der Waals surface area contributed by atoms with E-state index in [2.05, 4.69) is 25.9 Å². The number of nitrogens with zero attached hydrogens (tertiary/aromatic N) is 2. The van der Waals surface area contributed by atoms with Gasteiger partial charge in [-0.3, -0.25) is 4.68 Å². The van der Waals surface area contributed by atoms with Gasteiger partial charge in [-0.15, -0.1) is 0 Å². The van der Waals surface area contributed by atoms with E-state index in [0.717, 1.165) is 31.2 Å². The van der Waals surface area contributed by atoms with Crippen molar-refractivity contribution in [1.82, 2.24) is 9.78 Å². The lowest BCUT2D eigenvalue weighted by molar-refractivity contribution is -0.0243. The Kier molecular flexibility index (Phi) is 4.50. The largest absolute Gasteiger partial charge is 0.384 e. The molecule has 1 saturated carbocycles. The van der Waals surface area contributed by atoms with E-state index in [-0.39, 0.29) is 0 Å². The van der Waals surface area contributed by atoms with Crippen LogP contribution in [0.25, 0.3) is 0 Å². The second-order valence-electron chi connectivity index (χ2n) is 6.15. The number of rotatable bonds is 6. The first-order valence-electron chi connectivity index (χ1n) is 7.43. The van der Waals surface area contributed by atoms with E-state index in [1.165, 1.54) is 24.1 Å². The maximum atomic E-state index is 6.14. The van der Waals surface area contributed by atoms with Gasteiger partial charge in [-0.25, -0.2) is 0 Å². The quantitative estimate of drug-likeness (QED) is 0.860. The Labute approximate surface area is 116 Å². The van der Waals surface area contributed by atoms with Crippen molar-refractivity contribution < 1.29 is 4.74 Å². The normalized spacial score (nSPS) is 22.8. The molecule has 1 heterocycles. The molecule has 2 rings (SSSR count). The fourth-order valence-corrected chi connectivity index (χ4v) is 2.92. The molecule has 0 saturated heterocycles. The molecule has 19 heavy (non-hydrogen) atoms.